The molecule has 1 aromatic rings. The van der Waals surface area contributed by atoms with Crippen LogP contribution >= 0.6 is 0 Å². The number of amides is 2. The van der Waals surface area contributed by atoms with Crippen molar-refractivity contribution in [2.45, 2.75) is 44.6 Å². The highest BCUT2D eigenvalue weighted by Crippen LogP contribution is 2.37. The monoisotopic (exact) mass is 290 g/mol. The largest absolute Gasteiger partial charge is 0.459 e. The van der Waals surface area contributed by atoms with E-state index in [-0.39, 0.29) is 17.4 Å². The van der Waals surface area contributed by atoms with Gasteiger partial charge in [-0.25, -0.2) is 0 Å². The van der Waals surface area contributed by atoms with Gasteiger partial charge in [0.2, 0.25) is 5.91 Å². The van der Waals surface area contributed by atoms with E-state index < -0.39 is 0 Å². The van der Waals surface area contributed by atoms with Gasteiger partial charge in [-0.2, -0.15) is 0 Å². The van der Waals surface area contributed by atoms with Gasteiger partial charge in [-0.1, -0.05) is 0 Å². The Hall–Kier alpha value is -1.78. The third-order valence-electron chi connectivity index (χ3n) is 4.94. The lowest BCUT2D eigenvalue weighted by molar-refractivity contribution is -0.140. The van der Waals surface area contributed by atoms with Gasteiger partial charge in [-0.3, -0.25) is 9.59 Å². The highest BCUT2D eigenvalue weighted by atomic mass is 16.3. The van der Waals surface area contributed by atoms with Crippen molar-refractivity contribution in [2.24, 2.45) is 0 Å². The highest BCUT2D eigenvalue weighted by Gasteiger charge is 2.43. The van der Waals surface area contributed by atoms with Crippen LogP contribution in [0, 0.1) is 0 Å². The van der Waals surface area contributed by atoms with Crippen molar-refractivity contribution >= 4 is 11.8 Å². The van der Waals surface area contributed by atoms with Crippen LogP contribution in [0.1, 0.15) is 49.6 Å². The molecule has 0 unspecified atom stereocenters. The standard InChI is InChI=1S/C16H22N2O3/c1-13(19)18-9-3-2-6-16(18)7-10-17(11-8-16)15(20)14-5-4-12-21-14/h4-5,12H,2-3,6-11H2,1H3. The van der Waals surface area contributed by atoms with E-state index in [2.05, 4.69) is 0 Å². The zero-order valence-corrected chi connectivity index (χ0v) is 12.5. The lowest BCUT2D eigenvalue weighted by Crippen LogP contribution is -2.59. The molecule has 0 saturated carbocycles. The highest BCUT2D eigenvalue weighted by molar-refractivity contribution is 5.91. The van der Waals surface area contributed by atoms with Crippen molar-refractivity contribution in [3.63, 3.8) is 0 Å². The summed E-state index contributed by atoms with van der Waals surface area (Å²) >= 11 is 0. The number of likely N-dealkylation sites (tertiary alicyclic amines) is 2. The summed E-state index contributed by atoms with van der Waals surface area (Å²) < 4.78 is 5.19. The number of rotatable bonds is 1. The molecular formula is C16H22N2O3. The topological polar surface area (TPSA) is 53.8 Å². The van der Waals surface area contributed by atoms with Crippen molar-refractivity contribution < 1.29 is 14.0 Å². The number of nitrogens with zero attached hydrogens (tertiary/aromatic N) is 2. The summed E-state index contributed by atoms with van der Waals surface area (Å²) in [5.74, 6) is 0.526. The Kier molecular flexibility index (Phi) is 3.74. The third kappa shape index (κ3) is 2.57. The molecule has 0 bridgehead atoms. The third-order valence-corrected chi connectivity index (χ3v) is 4.94. The van der Waals surface area contributed by atoms with Crippen LogP contribution in [0.25, 0.3) is 0 Å². The molecule has 3 rings (SSSR count). The number of carbonyl (C=O) groups is 2. The predicted octanol–water partition coefficient (Wildman–Crippen LogP) is 2.29. The van der Waals surface area contributed by atoms with Crippen LogP contribution in [0.4, 0.5) is 0 Å². The van der Waals surface area contributed by atoms with E-state index in [1.165, 1.54) is 12.7 Å². The summed E-state index contributed by atoms with van der Waals surface area (Å²) in [6.45, 7) is 3.92. The number of furan rings is 1. The summed E-state index contributed by atoms with van der Waals surface area (Å²) in [5, 5.41) is 0. The fourth-order valence-electron chi connectivity index (χ4n) is 3.79. The average molecular weight is 290 g/mol. The van der Waals surface area contributed by atoms with Gasteiger partial charge in [-0.05, 0) is 44.2 Å². The summed E-state index contributed by atoms with van der Waals surface area (Å²) in [4.78, 5) is 28.1. The van der Waals surface area contributed by atoms with Gasteiger partial charge in [0.05, 0.1) is 6.26 Å². The quantitative estimate of drug-likeness (QED) is 0.797. The van der Waals surface area contributed by atoms with E-state index in [0.717, 1.165) is 32.2 Å². The molecule has 21 heavy (non-hydrogen) atoms. The molecule has 0 aromatic carbocycles. The number of hydrogen-bond acceptors (Lipinski definition) is 3. The summed E-state index contributed by atoms with van der Waals surface area (Å²) in [7, 11) is 0. The molecule has 5 heteroatoms. The molecule has 2 aliphatic rings. The van der Waals surface area contributed by atoms with E-state index in [1.54, 1.807) is 19.1 Å². The lowest BCUT2D eigenvalue weighted by atomic mass is 9.78. The Morgan fingerprint density at radius 2 is 1.90 bits per heavy atom. The second kappa shape index (κ2) is 5.54. The van der Waals surface area contributed by atoms with Crippen molar-refractivity contribution in [3.05, 3.63) is 24.2 Å². The van der Waals surface area contributed by atoms with Crippen molar-refractivity contribution in [1.29, 1.82) is 0 Å². The van der Waals surface area contributed by atoms with Crippen LogP contribution < -0.4 is 0 Å². The summed E-state index contributed by atoms with van der Waals surface area (Å²) in [6.07, 6.45) is 6.61. The molecule has 2 fully saturated rings. The van der Waals surface area contributed by atoms with Crippen molar-refractivity contribution in [2.75, 3.05) is 19.6 Å². The van der Waals surface area contributed by atoms with Crippen LogP contribution in [-0.2, 0) is 4.79 Å². The van der Waals surface area contributed by atoms with Crippen LogP contribution in [0.3, 0.4) is 0 Å². The molecule has 114 valence electrons. The van der Waals surface area contributed by atoms with E-state index in [1.807, 2.05) is 9.80 Å². The fourth-order valence-corrected chi connectivity index (χ4v) is 3.79. The van der Waals surface area contributed by atoms with Crippen LogP contribution in [0.15, 0.2) is 22.8 Å². The molecule has 0 N–H and O–H groups in total. The van der Waals surface area contributed by atoms with E-state index in [9.17, 15) is 9.59 Å². The zero-order valence-electron chi connectivity index (χ0n) is 12.5. The smallest absolute Gasteiger partial charge is 0.289 e. The van der Waals surface area contributed by atoms with Crippen molar-refractivity contribution in [1.82, 2.24) is 9.80 Å². The number of hydrogen-bond donors (Lipinski definition) is 0. The van der Waals surface area contributed by atoms with Gasteiger partial charge in [0, 0.05) is 32.1 Å². The first-order chi connectivity index (χ1) is 10.1. The predicted molar refractivity (Wildman–Crippen MR) is 77.8 cm³/mol. The van der Waals surface area contributed by atoms with E-state index in [4.69, 9.17) is 4.42 Å². The van der Waals surface area contributed by atoms with Gasteiger partial charge >= 0.3 is 0 Å². The van der Waals surface area contributed by atoms with Crippen LogP contribution in [0.2, 0.25) is 0 Å². The average Bonchev–Trinajstić information content (AvgIpc) is 3.02. The molecule has 2 aliphatic heterocycles. The normalized spacial score (nSPS) is 21.6. The lowest BCUT2D eigenvalue weighted by Gasteiger charge is -2.51. The molecule has 1 aromatic heterocycles. The Balaban J connectivity index is 1.69. The molecule has 2 amide bonds. The Morgan fingerprint density at radius 3 is 2.52 bits per heavy atom. The van der Waals surface area contributed by atoms with Gasteiger partial charge < -0.3 is 14.2 Å². The number of piperidine rings is 2. The first-order valence-electron chi connectivity index (χ1n) is 7.73. The van der Waals surface area contributed by atoms with Gasteiger partial charge in [0.25, 0.3) is 5.91 Å². The van der Waals surface area contributed by atoms with E-state index in [0.29, 0.717) is 18.8 Å². The Morgan fingerprint density at radius 1 is 1.14 bits per heavy atom. The Bertz CT molecular complexity index is 516. The maximum Gasteiger partial charge on any atom is 0.289 e. The van der Waals surface area contributed by atoms with Crippen molar-refractivity contribution in [3.8, 4) is 0 Å². The minimum atomic E-state index is -0.0416. The molecule has 0 atom stereocenters. The molecule has 1 spiro atoms. The van der Waals surface area contributed by atoms with Gasteiger partial charge in [0.15, 0.2) is 5.76 Å². The zero-order chi connectivity index (χ0) is 14.9. The minimum Gasteiger partial charge on any atom is -0.459 e. The first kappa shape index (κ1) is 14.2. The maximum absolute atomic E-state index is 12.3. The van der Waals surface area contributed by atoms with Crippen LogP contribution in [0.5, 0.6) is 0 Å². The second-order valence-electron chi connectivity index (χ2n) is 6.12. The molecule has 2 saturated heterocycles. The summed E-state index contributed by atoms with van der Waals surface area (Å²) in [6, 6.07) is 3.44. The molecular weight excluding hydrogens is 268 g/mol. The minimum absolute atomic E-state index is 0.0238. The fraction of sp³-hybridized carbons (Fsp3) is 0.625. The number of carbonyl (C=O) groups excluding carboxylic acids is 2. The van der Waals surface area contributed by atoms with Gasteiger partial charge in [-0.15, -0.1) is 0 Å². The van der Waals surface area contributed by atoms with Gasteiger partial charge in [0.1, 0.15) is 0 Å². The molecule has 3 heterocycles. The molecule has 0 aliphatic carbocycles. The van der Waals surface area contributed by atoms with Crippen LogP contribution in [-0.4, -0.2) is 46.8 Å². The van der Waals surface area contributed by atoms with E-state index >= 15 is 0 Å². The maximum atomic E-state index is 12.3. The Labute approximate surface area is 124 Å². The SMILES string of the molecule is CC(=O)N1CCCCC12CCN(C(=O)c1ccco1)CC2. The first-order valence-corrected chi connectivity index (χ1v) is 7.73. The second-order valence-corrected chi connectivity index (χ2v) is 6.12. The molecule has 0 radical (unpaired) electrons. The molecule has 5 nitrogen and oxygen atoms in total. The summed E-state index contributed by atoms with van der Waals surface area (Å²) in [5.41, 5.74) is -0.0238.